The average molecular weight is 286 g/mol. The molecular formula is C10H7BrSe. The summed E-state index contributed by atoms with van der Waals surface area (Å²) in [6, 6.07) is 12.6. The zero-order valence-corrected chi connectivity index (χ0v) is 9.75. The second-order valence-corrected chi connectivity index (χ2v) is 4.48. The summed E-state index contributed by atoms with van der Waals surface area (Å²) >= 11 is 6.12. The fourth-order valence-electron chi connectivity index (χ4n) is 1.26. The van der Waals surface area contributed by atoms with Crippen molar-refractivity contribution in [1.82, 2.24) is 0 Å². The van der Waals surface area contributed by atoms with Crippen LogP contribution in [0.3, 0.4) is 0 Å². The van der Waals surface area contributed by atoms with E-state index in [1.807, 2.05) is 0 Å². The van der Waals surface area contributed by atoms with Gasteiger partial charge in [-0.3, -0.25) is 0 Å². The van der Waals surface area contributed by atoms with E-state index in [1.54, 1.807) is 0 Å². The quantitative estimate of drug-likeness (QED) is 0.651. The van der Waals surface area contributed by atoms with Crippen LogP contribution in [0.25, 0.3) is 10.8 Å². The Labute approximate surface area is 87.9 Å². The molecule has 0 amide bonds. The molecule has 0 atom stereocenters. The molecule has 2 aromatic carbocycles. The Kier molecular flexibility index (Phi) is 2.22. The Morgan fingerprint density at radius 2 is 1.58 bits per heavy atom. The van der Waals surface area contributed by atoms with Crippen molar-refractivity contribution < 1.29 is 0 Å². The van der Waals surface area contributed by atoms with Crippen molar-refractivity contribution >= 4 is 47.2 Å². The maximum atomic E-state index is 3.52. The Morgan fingerprint density at radius 1 is 0.917 bits per heavy atom. The molecule has 0 radical (unpaired) electrons. The molecule has 12 heavy (non-hydrogen) atoms. The molecule has 0 nitrogen and oxygen atoms in total. The predicted octanol–water partition coefficient (Wildman–Crippen LogP) is 2.13. The van der Waals surface area contributed by atoms with E-state index < -0.39 is 0 Å². The van der Waals surface area contributed by atoms with Crippen LogP contribution in [0.1, 0.15) is 0 Å². The van der Waals surface area contributed by atoms with Gasteiger partial charge in [-0.25, -0.2) is 0 Å². The van der Waals surface area contributed by atoms with Crippen LogP contribution in [-0.2, 0) is 0 Å². The molecule has 0 aliphatic carbocycles. The summed E-state index contributed by atoms with van der Waals surface area (Å²) in [4.78, 5) is 0. The molecule has 60 valence electrons. The number of hydrogen-bond donors (Lipinski definition) is 0. The minimum atomic E-state index is 1.16. The number of rotatable bonds is 0. The number of halogens is 1. The second kappa shape index (κ2) is 3.21. The predicted molar refractivity (Wildman–Crippen MR) is 58.4 cm³/mol. The molecule has 0 unspecified atom stereocenters. The van der Waals surface area contributed by atoms with Crippen LogP contribution < -0.4 is 4.46 Å². The topological polar surface area (TPSA) is 0 Å². The third kappa shape index (κ3) is 1.31. The van der Waals surface area contributed by atoms with Gasteiger partial charge in [0.25, 0.3) is 0 Å². The van der Waals surface area contributed by atoms with Crippen molar-refractivity contribution in [2.75, 3.05) is 0 Å². The molecule has 0 fully saturated rings. The molecule has 0 aromatic heterocycles. The first-order chi connectivity index (χ1) is 5.79. The van der Waals surface area contributed by atoms with Gasteiger partial charge in [0.15, 0.2) is 0 Å². The van der Waals surface area contributed by atoms with Gasteiger partial charge in [0.2, 0.25) is 0 Å². The third-order valence-electron chi connectivity index (χ3n) is 1.85. The van der Waals surface area contributed by atoms with E-state index in [4.69, 9.17) is 0 Å². The standard InChI is InChI=1S/C10H7BrSe/c11-9-5-1-4-8-7(9)3-2-6-10(8)12/h1-6,12H. The van der Waals surface area contributed by atoms with Crippen LogP contribution in [0.2, 0.25) is 0 Å². The van der Waals surface area contributed by atoms with Crippen LogP contribution in [0.15, 0.2) is 40.9 Å². The monoisotopic (exact) mass is 286 g/mol. The summed E-state index contributed by atoms with van der Waals surface area (Å²) in [6.45, 7) is 0. The summed E-state index contributed by atoms with van der Waals surface area (Å²) in [5.74, 6) is 0. The number of benzene rings is 2. The first kappa shape index (κ1) is 8.30. The molecule has 0 heterocycles. The molecule has 0 N–H and O–H groups in total. The minimum absolute atomic E-state index is 1.16. The van der Waals surface area contributed by atoms with E-state index in [-0.39, 0.29) is 0 Å². The van der Waals surface area contributed by atoms with Gasteiger partial charge in [-0.1, -0.05) is 0 Å². The van der Waals surface area contributed by atoms with Gasteiger partial charge in [-0.15, -0.1) is 0 Å². The third-order valence-corrected chi connectivity index (χ3v) is 3.36. The number of fused-ring (bicyclic) bond motifs is 1. The van der Waals surface area contributed by atoms with Gasteiger partial charge in [0.1, 0.15) is 0 Å². The Morgan fingerprint density at radius 3 is 2.33 bits per heavy atom. The van der Waals surface area contributed by atoms with Crippen molar-refractivity contribution in [3.63, 3.8) is 0 Å². The van der Waals surface area contributed by atoms with Gasteiger partial charge in [-0.05, 0) is 0 Å². The Balaban J connectivity index is 2.94. The molecule has 0 bridgehead atoms. The van der Waals surface area contributed by atoms with Crippen LogP contribution in [0, 0.1) is 0 Å². The van der Waals surface area contributed by atoms with Gasteiger partial charge in [0.05, 0.1) is 0 Å². The fraction of sp³-hybridized carbons (Fsp3) is 0. The van der Waals surface area contributed by atoms with E-state index >= 15 is 0 Å². The molecule has 0 saturated carbocycles. The molecule has 2 heteroatoms. The molecule has 0 aliphatic rings. The molecule has 0 saturated heterocycles. The molecule has 0 spiro atoms. The molecular weight excluding hydrogens is 279 g/mol. The summed E-state index contributed by atoms with van der Waals surface area (Å²) in [6.07, 6.45) is 0. The zero-order valence-electron chi connectivity index (χ0n) is 6.29. The second-order valence-electron chi connectivity index (χ2n) is 2.61. The van der Waals surface area contributed by atoms with Crippen LogP contribution in [0.5, 0.6) is 0 Å². The van der Waals surface area contributed by atoms with Gasteiger partial charge in [-0.2, -0.15) is 0 Å². The SMILES string of the molecule is [SeH]c1cccc2c(Br)cccc12. The van der Waals surface area contributed by atoms with E-state index in [0.29, 0.717) is 0 Å². The zero-order chi connectivity index (χ0) is 8.55. The van der Waals surface area contributed by atoms with Gasteiger partial charge in [0, 0.05) is 0 Å². The fourth-order valence-corrected chi connectivity index (χ4v) is 2.34. The van der Waals surface area contributed by atoms with E-state index in [0.717, 1.165) is 4.47 Å². The summed E-state index contributed by atoms with van der Waals surface area (Å²) in [5, 5.41) is 2.57. The molecule has 0 aliphatic heterocycles. The van der Waals surface area contributed by atoms with Crippen molar-refractivity contribution in [1.29, 1.82) is 0 Å². The first-order valence-electron chi connectivity index (χ1n) is 3.65. The van der Waals surface area contributed by atoms with Crippen molar-refractivity contribution in [3.05, 3.63) is 40.9 Å². The van der Waals surface area contributed by atoms with Crippen molar-refractivity contribution in [3.8, 4) is 0 Å². The van der Waals surface area contributed by atoms with Gasteiger partial charge >= 0.3 is 88.0 Å². The van der Waals surface area contributed by atoms with Crippen LogP contribution >= 0.6 is 15.9 Å². The maximum absolute atomic E-state index is 3.52. The Hall–Kier alpha value is -0.301. The molecule has 2 rings (SSSR count). The van der Waals surface area contributed by atoms with E-state index in [2.05, 4.69) is 68.3 Å². The number of hydrogen-bond acceptors (Lipinski definition) is 0. The van der Waals surface area contributed by atoms with Crippen LogP contribution in [0.4, 0.5) is 0 Å². The van der Waals surface area contributed by atoms with E-state index in [1.165, 1.54) is 15.2 Å². The van der Waals surface area contributed by atoms with Crippen molar-refractivity contribution in [2.45, 2.75) is 0 Å². The average Bonchev–Trinajstić information content (AvgIpc) is 2.07. The Bertz CT molecular complexity index is 382. The first-order valence-corrected chi connectivity index (χ1v) is 5.38. The van der Waals surface area contributed by atoms with Crippen molar-refractivity contribution in [2.24, 2.45) is 0 Å². The van der Waals surface area contributed by atoms with E-state index in [9.17, 15) is 0 Å². The van der Waals surface area contributed by atoms with Gasteiger partial charge < -0.3 is 0 Å². The van der Waals surface area contributed by atoms with Crippen LogP contribution in [-0.4, -0.2) is 16.0 Å². The molecule has 2 aromatic rings. The summed E-state index contributed by atoms with van der Waals surface area (Å²) in [7, 11) is 0. The summed E-state index contributed by atoms with van der Waals surface area (Å²) in [5.41, 5.74) is 0. The normalized spacial score (nSPS) is 10.5. The summed E-state index contributed by atoms with van der Waals surface area (Å²) < 4.78 is 2.43.